The third kappa shape index (κ3) is 1.68. The van der Waals surface area contributed by atoms with Crippen molar-refractivity contribution in [3.8, 4) is 5.69 Å². The molecule has 0 atom stereocenters. The van der Waals surface area contributed by atoms with Gasteiger partial charge in [-0.2, -0.15) is 5.10 Å². The van der Waals surface area contributed by atoms with Crippen molar-refractivity contribution in [3.63, 3.8) is 0 Å². The van der Waals surface area contributed by atoms with E-state index in [1.54, 1.807) is 16.9 Å². The molecule has 76 valence electrons. The topological polar surface area (TPSA) is 34.9 Å². The number of aryl methyl sites for hydroxylation is 2. The Bertz CT molecular complexity index is 500. The molecule has 2 rings (SSSR count). The van der Waals surface area contributed by atoms with Gasteiger partial charge in [0.1, 0.15) is 5.69 Å². The van der Waals surface area contributed by atoms with Crippen LogP contribution in [-0.2, 0) is 0 Å². The molecule has 0 aliphatic rings. The standard InChI is InChI=1S/C12H12N2O/c1-9-3-4-12(10(2)7-9)14-11(8-15)5-6-13-14/h3-8H,1-2H3. The Morgan fingerprint density at radius 1 is 1.27 bits per heavy atom. The van der Waals surface area contributed by atoms with E-state index in [4.69, 9.17) is 0 Å². The van der Waals surface area contributed by atoms with Crippen molar-refractivity contribution in [2.24, 2.45) is 0 Å². The van der Waals surface area contributed by atoms with Crippen LogP contribution in [0.4, 0.5) is 0 Å². The van der Waals surface area contributed by atoms with Gasteiger partial charge in [0.25, 0.3) is 0 Å². The van der Waals surface area contributed by atoms with Gasteiger partial charge in [-0.15, -0.1) is 0 Å². The monoisotopic (exact) mass is 200 g/mol. The fourth-order valence-corrected chi connectivity index (χ4v) is 1.65. The molecule has 0 N–H and O–H groups in total. The van der Waals surface area contributed by atoms with E-state index in [2.05, 4.69) is 11.2 Å². The predicted octanol–water partition coefficient (Wildman–Crippen LogP) is 2.30. The zero-order valence-electron chi connectivity index (χ0n) is 8.77. The summed E-state index contributed by atoms with van der Waals surface area (Å²) < 4.78 is 1.65. The molecular weight excluding hydrogens is 188 g/mol. The number of hydrogen-bond acceptors (Lipinski definition) is 2. The molecule has 0 amide bonds. The first-order valence-corrected chi connectivity index (χ1v) is 4.79. The molecule has 1 aromatic carbocycles. The second-order valence-electron chi connectivity index (χ2n) is 3.58. The van der Waals surface area contributed by atoms with E-state index in [1.807, 2.05) is 26.0 Å². The molecule has 1 aromatic heterocycles. The molecule has 0 aliphatic heterocycles. The number of benzene rings is 1. The number of rotatable bonds is 2. The maximum Gasteiger partial charge on any atom is 0.168 e. The van der Waals surface area contributed by atoms with E-state index >= 15 is 0 Å². The maximum absolute atomic E-state index is 10.8. The van der Waals surface area contributed by atoms with E-state index in [0.29, 0.717) is 5.69 Å². The van der Waals surface area contributed by atoms with Gasteiger partial charge >= 0.3 is 0 Å². The van der Waals surface area contributed by atoms with Gasteiger partial charge < -0.3 is 0 Å². The van der Waals surface area contributed by atoms with Crippen molar-refractivity contribution in [1.82, 2.24) is 9.78 Å². The van der Waals surface area contributed by atoms with Crippen LogP contribution in [0, 0.1) is 13.8 Å². The van der Waals surface area contributed by atoms with Crippen molar-refractivity contribution in [3.05, 3.63) is 47.3 Å². The molecule has 3 heteroatoms. The summed E-state index contributed by atoms with van der Waals surface area (Å²) in [4.78, 5) is 10.8. The molecule has 0 saturated heterocycles. The molecule has 0 aliphatic carbocycles. The quantitative estimate of drug-likeness (QED) is 0.697. The zero-order chi connectivity index (χ0) is 10.8. The largest absolute Gasteiger partial charge is 0.296 e. The van der Waals surface area contributed by atoms with Crippen LogP contribution in [-0.4, -0.2) is 16.1 Å². The Labute approximate surface area is 88.4 Å². The summed E-state index contributed by atoms with van der Waals surface area (Å²) in [5.41, 5.74) is 3.84. The van der Waals surface area contributed by atoms with E-state index in [9.17, 15) is 4.79 Å². The van der Waals surface area contributed by atoms with Crippen LogP contribution in [0.5, 0.6) is 0 Å². The average Bonchev–Trinajstić information content (AvgIpc) is 2.65. The van der Waals surface area contributed by atoms with Gasteiger partial charge in [-0.1, -0.05) is 17.7 Å². The van der Waals surface area contributed by atoms with Crippen molar-refractivity contribution >= 4 is 6.29 Å². The number of carbonyl (C=O) groups is 1. The molecule has 0 saturated carbocycles. The molecule has 0 unspecified atom stereocenters. The van der Waals surface area contributed by atoms with Crippen LogP contribution in [0.25, 0.3) is 5.69 Å². The van der Waals surface area contributed by atoms with Gasteiger partial charge in [0.05, 0.1) is 11.9 Å². The maximum atomic E-state index is 10.8. The Morgan fingerprint density at radius 3 is 2.73 bits per heavy atom. The normalized spacial score (nSPS) is 10.3. The minimum absolute atomic E-state index is 0.571. The summed E-state index contributed by atoms with van der Waals surface area (Å²) >= 11 is 0. The molecule has 3 nitrogen and oxygen atoms in total. The highest BCUT2D eigenvalue weighted by molar-refractivity contribution is 5.73. The molecule has 0 spiro atoms. The summed E-state index contributed by atoms with van der Waals surface area (Å²) in [7, 11) is 0. The van der Waals surface area contributed by atoms with Gasteiger partial charge in [0.15, 0.2) is 6.29 Å². The smallest absolute Gasteiger partial charge is 0.168 e. The van der Waals surface area contributed by atoms with E-state index in [-0.39, 0.29) is 0 Å². The van der Waals surface area contributed by atoms with Gasteiger partial charge in [-0.25, -0.2) is 4.68 Å². The van der Waals surface area contributed by atoms with Crippen LogP contribution in [0.1, 0.15) is 21.6 Å². The summed E-state index contributed by atoms with van der Waals surface area (Å²) in [6.07, 6.45) is 2.44. The van der Waals surface area contributed by atoms with Crippen molar-refractivity contribution < 1.29 is 4.79 Å². The SMILES string of the molecule is Cc1ccc(-n2nccc2C=O)c(C)c1. The Morgan fingerprint density at radius 2 is 2.07 bits per heavy atom. The number of hydrogen-bond donors (Lipinski definition) is 0. The van der Waals surface area contributed by atoms with Gasteiger partial charge in [0.2, 0.25) is 0 Å². The molecule has 0 radical (unpaired) electrons. The molecule has 0 fully saturated rings. The van der Waals surface area contributed by atoms with Gasteiger partial charge in [0, 0.05) is 0 Å². The lowest BCUT2D eigenvalue weighted by molar-refractivity contribution is 0.111. The van der Waals surface area contributed by atoms with Gasteiger partial charge in [-0.3, -0.25) is 4.79 Å². The van der Waals surface area contributed by atoms with E-state index in [1.165, 1.54) is 5.56 Å². The Hall–Kier alpha value is -1.90. The van der Waals surface area contributed by atoms with E-state index < -0.39 is 0 Å². The second-order valence-corrected chi connectivity index (χ2v) is 3.58. The minimum atomic E-state index is 0.571. The minimum Gasteiger partial charge on any atom is -0.296 e. The van der Waals surface area contributed by atoms with Crippen LogP contribution < -0.4 is 0 Å². The van der Waals surface area contributed by atoms with E-state index in [0.717, 1.165) is 17.5 Å². The lowest BCUT2D eigenvalue weighted by atomic mass is 10.1. The fraction of sp³-hybridized carbons (Fsp3) is 0.167. The summed E-state index contributed by atoms with van der Waals surface area (Å²) in [5, 5.41) is 4.13. The number of aldehydes is 1. The van der Waals surface area contributed by atoms with Crippen LogP contribution in [0.15, 0.2) is 30.5 Å². The fourth-order valence-electron chi connectivity index (χ4n) is 1.65. The van der Waals surface area contributed by atoms with Crippen molar-refractivity contribution in [2.45, 2.75) is 13.8 Å². The van der Waals surface area contributed by atoms with Crippen molar-refractivity contribution in [1.29, 1.82) is 0 Å². The lowest BCUT2D eigenvalue weighted by Gasteiger charge is -2.07. The Balaban J connectivity index is 2.59. The third-order valence-electron chi connectivity index (χ3n) is 2.37. The predicted molar refractivity (Wildman–Crippen MR) is 58.4 cm³/mol. The first-order chi connectivity index (χ1) is 7.22. The highest BCUT2D eigenvalue weighted by atomic mass is 16.1. The molecular formula is C12H12N2O. The summed E-state index contributed by atoms with van der Waals surface area (Å²) in [6, 6.07) is 7.77. The highest BCUT2D eigenvalue weighted by Gasteiger charge is 2.06. The van der Waals surface area contributed by atoms with Gasteiger partial charge in [-0.05, 0) is 31.5 Å². The zero-order valence-corrected chi connectivity index (χ0v) is 8.77. The number of aromatic nitrogens is 2. The van der Waals surface area contributed by atoms with Crippen molar-refractivity contribution in [2.75, 3.05) is 0 Å². The van der Waals surface area contributed by atoms with Crippen LogP contribution in [0.2, 0.25) is 0 Å². The third-order valence-corrected chi connectivity index (χ3v) is 2.37. The lowest BCUT2D eigenvalue weighted by Crippen LogP contribution is -2.03. The summed E-state index contributed by atoms with van der Waals surface area (Å²) in [6.45, 7) is 4.05. The molecule has 2 aromatic rings. The first kappa shape index (κ1) is 9.65. The Kier molecular flexibility index (Phi) is 2.37. The number of carbonyl (C=O) groups excluding carboxylic acids is 1. The molecule has 15 heavy (non-hydrogen) atoms. The summed E-state index contributed by atoms with van der Waals surface area (Å²) in [5.74, 6) is 0. The van der Waals surface area contributed by atoms with Crippen LogP contribution >= 0.6 is 0 Å². The molecule has 0 bridgehead atoms. The second kappa shape index (κ2) is 3.69. The highest BCUT2D eigenvalue weighted by Crippen LogP contribution is 2.15. The number of nitrogens with zero attached hydrogens (tertiary/aromatic N) is 2. The molecule has 1 heterocycles. The average molecular weight is 200 g/mol. The first-order valence-electron chi connectivity index (χ1n) is 4.79. The van der Waals surface area contributed by atoms with Crippen LogP contribution in [0.3, 0.4) is 0 Å².